The van der Waals surface area contributed by atoms with Crippen LogP contribution < -0.4 is 5.56 Å². The van der Waals surface area contributed by atoms with Crippen molar-refractivity contribution in [2.24, 2.45) is 0 Å². The van der Waals surface area contributed by atoms with Gasteiger partial charge in [-0.25, -0.2) is 4.98 Å². The van der Waals surface area contributed by atoms with Gasteiger partial charge in [0, 0.05) is 12.3 Å². The van der Waals surface area contributed by atoms with Crippen molar-refractivity contribution in [1.82, 2.24) is 9.97 Å². The Morgan fingerprint density at radius 3 is 3.00 bits per heavy atom. The first-order valence-electron chi connectivity index (χ1n) is 3.84. The van der Waals surface area contributed by atoms with Crippen LogP contribution in [0, 0.1) is 0 Å². The Morgan fingerprint density at radius 2 is 2.42 bits per heavy atom. The molecule has 1 N–H and O–H groups in total. The highest BCUT2D eigenvalue weighted by molar-refractivity contribution is 4.87. The third-order valence-electron chi connectivity index (χ3n) is 1.28. The van der Waals surface area contributed by atoms with Gasteiger partial charge in [-0.05, 0) is 13.8 Å². The van der Waals surface area contributed by atoms with Gasteiger partial charge < -0.3 is 9.72 Å². The monoisotopic (exact) mass is 168 g/mol. The molecule has 0 saturated carbocycles. The normalized spacial score (nSPS) is 10.6. The van der Waals surface area contributed by atoms with E-state index < -0.39 is 0 Å². The maximum absolute atomic E-state index is 10.8. The van der Waals surface area contributed by atoms with Crippen LogP contribution in [0.5, 0.6) is 0 Å². The molecule has 1 aromatic heterocycles. The third kappa shape index (κ3) is 2.84. The van der Waals surface area contributed by atoms with E-state index in [1.165, 1.54) is 12.3 Å². The van der Waals surface area contributed by atoms with E-state index in [4.69, 9.17) is 4.74 Å². The lowest BCUT2D eigenvalue weighted by molar-refractivity contribution is 0.0611. The topological polar surface area (TPSA) is 55.0 Å². The summed E-state index contributed by atoms with van der Waals surface area (Å²) in [6.45, 7) is 4.22. The van der Waals surface area contributed by atoms with Gasteiger partial charge in [-0.1, -0.05) is 0 Å². The van der Waals surface area contributed by atoms with Crippen LogP contribution in [0.25, 0.3) is 0 Å². The summed E-state index contributed by atoms with van der Waals surface area (Å²) in [5, 5.41) is 0. The van der Waals surface area contributed by atoms with Crippen LogP contribution in [0.4, 0.5) is 0 Å². The van der Waals surface area contributed by atoms with Gasteiger partial charge in [0.1, 0.15) is 12.4 Å². The lowest BCUT2D eigenvalue weighted by Crippen LogP contribution is -2.11. The Balaban J connectivity index is 2.58. The van der Waals surface area contributed by atoms with Gasteiger partial charge in [-0.3, -0.25) is 4.79 Å². The number of nitrogens with one attached hydrogen (secondary N) is 1. The summed E-state index contributed by atoms with van der Waals surface area (Å²) >= 11 is 0. The van der Waals surface area contributed by atoms with Crippen molar-refractivity contribution in [2.45, 2.75) is 26.6 Å². The fraction of sp³-hybridized carbons (Fsp3) is 0.500. The minimum Gasteiger partial charge on any atom is -0.371 e. The summed E-state index contributed by atoms with van der Waals surface area (Å²) in [5.41, 5.74) is -0.146. The van der Waals surface area contributed by atoms with Crippen LogP contribution in [0.3, 0.4) is 0 Å². The third-order valence-corrected chi connectivity index (χ3v) is 1.28. The van der Waals surface area contributed by atoms with E-state index >= 15 is 0 Å². The second-order valence-electron chi connectivity index (χ2n) is 2.74. The first kappa shape index (κ1) is 8.93. The summed E-state index contributed by atoms with van der Waals surface area (Å²) in [4.78, 5) is 17.3. The Kier molecular flexibility index (Phi) is 2.99. The molecule has 12 heavy (non-hydrogen) atoms. The van der Waals surface area contributed by atoms with E-state index in [0.717, 1.165) is 0 Å². The molecule has 0 aliphatic carbocycles. The minimum absolute atomic E-state index is 0.146. The zero-order valence-electron chi connectivity index (χ0n) is 7.20. The predicted octanol–water partition coefficient (Wildman–Crippen LogP) is 0.695. The summed E-state index contributed by atoms with van der Waals surface area (Å²) in [6.07, 6.45) is 1.62. The van der Waals surface area contributed by atoms with E-state index in [1.54, 1.807) is 0 Å². The molecule has 0 spiro atoms. The largest absolute Gasteiger partial charge is 0.371 e. The number of nitrogens with zero attached hydrogens (tertiary/aromatic N) is 1. The van der Waals surface area contributed by atoms with Crippen molar-refractivity contribution in [2.75, 3.05) is 0 Å². The lowest BCUT2D eigenvalue weighted by Gasteiger charge is -2.05. The molecule has 1 rings (SSSR count). The van der Waals surface area contributed by atoms with Crippen molar-refractivity contribution in [3.8, 4) is 0 Å². The van der Waals surface area contributed by atoms with Crippen molar-refractivity contribution in [3.05, 3.63) is 28.4 Å². The van der Waals surface area contributed by atoms with Crippen molar-refractivity contribution < 1.29 is 4.74 Å². The lowest BCUT2D eigenvalue weighted by atomic mass is 10.5. The van der Waals surface area contributed by atoms with E-state index in [-0.39, 0.29) is 11.7 Å². The van der Waals surface area contributed by atoms with Gasteiger partial charge in [0.05, 0.1) is 6.10 Å². The number of aromatic nitrogens is 2. The number of aromatic amines is 1. The Hall–Kier alpha value is -1.16. The standard InChI is InChI=1S/C8H12N2O2/c1-6(2)12-5-7-9-4-3-8(11)10-7/h3-4,6H,5H2,1-2H3,(H,9,10,11). The van der Waals surface area contributed by atoms with Gasteiger partial charge in [0.2, 0.25) is 0 Å². The molecule has 1 heterocycles. The molecule has 66 valence electrons. The van der Waals surface area contributed by atoms with Gasteiger partial charge in [-0.15, -0.1) is 0 Å². The molecule has 4 heteroatoms. The zero-order valence-corrected chi connectivity index (χ0v) is 7.20. The maximum atomic E-state index is 10.8. The van der Waals surface area contributed by atoms with Crippen molar-refractivity contribution >= 4 is 0 Å². The molecule has 0 unspecified atom stereocenters. The van der Waals surface area contributed by atoms with E-state index in [9.17, 15) is 4.79 Å². The van der Waals surface area contributed by atoms with E-state index in [0.29, 0.717) is 12.4 Å². The van der Waals surface area contributed by atoms with E-state index in [1.807, 2.05) is 13.8 Å². The van der Waals surface area contributed by atoms with Crippen LogP contribution in [0.2, 0.25) is 0 Å². The quantitative estimate of drug-likeness (QED) is 0.722. The van der Waals surface area contributed by atoms with E-state index in [2.05, 4.69) is 9.97 Å². The molecule has 0 aliphatic rings. The molecule has 0 radical (unpaired) electrons. The second kappa shape index (κ2) is 4.01. The number of ether oxygens (including phenoxy) is 1. The highest BCUT2D eigenvalue weighted by Crippen LogP contribution is 1.93. The average Bonchev–Trinajstić information content (AvgIpc) is 2.01. The first-order valence-corrected chi connectivity index (χ1v) is 3.84. The summed E-state index contributed by atoms with van der Waals surface area (Å²) in [7, 11) is 0. The van der Waals surface area contributed by atoms with Crippen LogP contribution in [0.15, 0.2) is 17.1 Å². The molecule has 0 bridgehead atoms. The highest BCUT2D eigenvalue weighted by Gasteiger charge is 1.96. The van der Waals surface area contributed by atoms with Crippen molar-refractivity contribution in [3.63, 3.8) is 0 Å². The predicted molar refractivity (Wildman–Crippen MR) is 44.8 cm³/mol. The Labute approximate surface area is 70.6 Å². The van der Waals surface area contributed by atoms with Crippen LogP contribution in [-0.2, 0) is 11.3 Å². The number of H-pyrrole nitrogens is 1. The molecule has 0 aliphatic heterocycles. The Bertz CT molecular complexity index is 293. The van der Waals surface area contributed by atoms with Crippen LogP contribution in [0.1, 0.15) is 19.7 Å². The average molecular weight is 168 g/mol. The first-order chi connectivity index (χ1) is 5.68. The van der Waals surface area contributed by atoms with Crippen molar-refractivity contribution in [1.29, 1.82) is 0 Å². The Morgan fingerprint density at radius 1 is 1.67 bits per heavy atom. The molecular formula is C8H12N2O2. The second-order valence-corrected chi connectivity index (χ2v) is 2.74. The fourth-order valence-corrected chi connectivity index (χ4v) is 0.730. The van der Waals surface area contributed by atoms with Gasteiger partial charge in [-0.2, -0.15) is 0 Å². The molecule has 1 aromatic rings. The van der Waals surface area contributed by atoms with Crippen LogP contribution in [-0.4, -0.2) is 16.1 Å². The van der Waals surface area contributed by atoms with Gasteiger partial charge >= 0.3 is 0 Å². The van der Waals surface area contributed by atoms with Gasteiger partial charge in [0.25, 0.3) is 5.56 Å². The minimum atomic E-state index is -0.146. The molecule has 0 amide bonds. The molecule has 0 fully saturated rings. The molecule has 4 nitrogen and oxygen atoms in total. The molecule has 0 atom stereocenters. The molecule has 0 aromatic carbocycles. The summed E-state index contributed by atoms with van der Waals surface area (Å²) in [5.74, 6) is 0.566. The maximum Gasteiger partial charge on any atom is 0.250 e. The summed E-state index contributed by atoms with van der Waals surface area (Å²) < 4.78 is 5.25. The SMILES string of the molecule is CC(C)OCc1nccc(=O)[nH]1. The highest BCUT2D eigenvalue weighted by atomic mass is 16.5. The van der Waals surface area contributed by atoms with Crippen LogP contribution >= 0.6 is 0 Å². The van der Waals surface area contributed by atoms with Gasteiger partial charge in [0.15, 0.2) is 0 Å². The number of hydrogen-bond acceptors (Lipinski definition) is 3. The molecular weight excluding hydrogens is 156 g/mol. The smallest absolute Gasteiger partial charge is 0.250 e. The number of hydrogen-bond donors (Lipinski definition) is 1. The fourth-order valence-electron chi connectivity index (χ4n) is 0.730. The number of rotatable bonds is 3. The summed E-state index contributed by atoms with van der Waals surface area (Å²) in [6, 6.07) is 1.37. The molecule has 0 saturated heterocycles. The zero-order chi connectivity index (χ0) is 8.97.